The second-order valence-electron chi connectivity index (χ2n) is 6.54. The van der Waals surface area contributed by atoms with Crippen LogP contribution in [-0.4, -0.2) is 20.0 Å². The van der Waals surface area contributed by atoms with Crippen LogP contribution >= 0.6 is 0 Å². The van der Waals surface area contributed by atoms with Crippen molar-refractivity contribution in [3.8, 4) is 17.6 Å². The van der Waals surface area contributed by atoms with Crippen molar-refractivity contribution in [3.05, 3.63) is 23.8 Å². The van der Waals surface area contributed by atoms with Crippen LogP contribution in [0.2, 0.25) is 0 Å². The van der Waals surface area contributed by atoms with Crippen LogP contribution in [0.5, 0.6) is 11.5 Å². The van der Waals surface area contributed by atoms with Gasteiger partial charge < -0.3 is 9.47 Å². The molecule has 1 fully saturated rings. The molecule has 0 N–H and O–H groups in total. The zero-order chi connectivity index (χ0) is 17.0. The summed E-state index contributed by atoms with van der Waals surface area (Å²) in [6.45, 7) is 4.11. The Hall–Kier alpha value is -2.02. The van der Waals surface area contributed by atoms with Crippen molar-refractivity contribution >= 4 is 5.78 Å². The summed E-state index contributed by atoms with van der Waals surface area (Å²) in [6.07, 6.45) is 2.90. The molecule has 0 heterocycles. The van der Waals surface area contributed by atoms with Gasteiger partial charge in [-0.15, -0.1) is 0 Å². The van der Waals surface area contributed by atoms with Crippen LogP contribution < -0.4 is 9.47 Å². The molecule has 124 valence electrons. The van der Waals surface area contributed by atoms with E-state index in [9.17, 15) is 10.1 Å². The quantitative estimate of drug-likeness (QED) is 0.827. The van der Waals surface area contributed by atoms with Gasteiger partial charge in [-0.3, -0.25) is 4.79 Å². The van der Waals surface area contributed by atoms with Crippen LogP contribution in [0.15, 0.2) is 18.2 Å². The number of nitrogens with zero attached hydrogens (tertiary/aromatic N) is 1. The van der Waals surface area contributed by atoms with Gasteiger partial charge in [0.15, 0.2) is 11.5 Å². The van der Waals surface area contributed by atoms with Crippen molar-refractivity contribution < 1.29 is 14.3 Å². The van der Waals surface area contributed by atoms with E-state index in [2.05, 4.69) is 19.9 Å². The Kier molecular flexibility index (Phi) is 5.30. The number of ether oxygens (including phenoxy) is 2. The third-order valence-electron chi connectivity index (χ3n) is 5.08. The summed E-state index contributed by atoms with van der Waals surface area (Å²) in [7, 11) is 3.19. The second kappa shape index (κ2) is 7.04. The molecule has 1 aliphatic rings. The second-order valence-corrected chi connectivity index (χ2v) is 6.54. The number of rotatable bonds is 5. The largest absolute Gasteiger partial charge is 0.493 e. The fourth-order valence-electron chi connectivity index (χ4n) is 3.83. The zero-order valence-electron chi connectivity index (χ0n) is 14.4. The first-order valence-corrected chi connectivity index (χ1v) is 8.15. The molecule has 2 rings (SSSR count). The fourth-order valence-corrected chi connectivity index (χ4v) is 3.83. The van der Waals surface area contributed by atoms with Crippen LogP contribution in [-0.2, 0) is 10.2 Å². The molecule has 0 unspecified atom stereocenters. The number of benzene rings is 1. The monoisotopic (exact) mass is 315 g/mol. The maximum absolute atomic E-state index is 12.0. The topological polar surface area (TPSA) is 59.3 Å². The van der Waals surface area contributed by atoms with E-state index < -0.39 is 5.41 Å². The highest BCUT2D eigenvalue weighted by Crippen LogP contribution is 2.46. The Balaban J connectivity index is 2.54. The molecule has 1 aliphatic carbocycles. The number of methoxy groups -OCH3 is 2. The van der Waals surface area contributed by atoms with Crippen molar-refractivity contribution in [3.63, 3.8) is 0 Å². The Morgan fingerprint density at radius 3 is 2.48 bits per heavy atom. The molecule has 23 heavy (non-hydrogen) atoms. The van der Waals surface area contributed by atoms with E-state index in [0.29, 0.717) is 24.3 Å². The van der Waals surface area contributed by atoms with Crippen molar-refractivity contribution in [1.29, 1.82) is 5.26 Å². The first-order chi connectivity index (χ1) is 11.0. The smallest absolute Gasteiger partial charge is 0.161 e. The minimum Gasteiger partial charge on any atom is -0.493 e. The summed E-state index contributed by atoms with van der Waals surface area (Å²) in [4.78, 5) is 12.0. The van der Waals surface area contributed by atoms with Crippen LogP contribution in [0.3, 0.4) is 0 Å². The lowest BCUT2D eigenvalue weighted by Crippen LogP contribution is -2.41. The normalized spacial score (nSPS) is 20.7. The third-order valence-corrected chi connectivity index (χ3v) is 5.08. The average Bonchev–Trinajstić information content (AvgIpc) is 2.55. The van der Waals surface area contributed by atoms with E-state index in [1.807, 2.05) is 18.2 Å². The summed E-state index contributed by atoms with van der Waals surface area (Å²) < 4.78 is 10.7. The molecular weight excluding hydrogens is 290 g/mol. The highest BCUT2D eigenvalue weighted by Gasteiger charge is 2.45. The Bertz CT molecular complexity index is 618. The van der Waals surface area contributed by atoms with Gasteiger partial charge >= 0.3 is 0 Å². The fraction of sp³-hybridized carbons (Fsp3) is 0.579. The van der Waals surface area contributed by atoms with Crippen molar-refractivity contribution in [2.45, 2.75) is 44.9 Å². The van der Waals surface area contributed by atoms with Gasteiger partial charge in [0, 0.05) is 12.8 Å². The zero-order valence-corrected chi connectivity index (χ0v) is 14.4. The number of nitriles is 1. The van der Waals surface area contributed by atoms with Gasteiger partial charge in [-0.1, -0.05) is 19.9 Å². The van der Waals surface area contributed by atoms with E-state index in [0.717, 1.165) is 18.4 Å². The average molecular weight is 315 g/mol. The van der Waals surface area contributed by atoms with Gasteiger partial charge in [0.05, 0.1) is 25.7 Å². The van der Waals surface area contributed by atoms with E-state index in [1.54, 1.807) is 14.2 Å². The van der Waals surface area contributed by atoms with E-state index in [4.69, 9.17) is 9.47 Å². The molecular formula is C19H25NO3. The number of hydrogen-bond acceptors (Lipinski definition) is 4. The highest BCUT2D eigenvalue weighted by atomic mass is 16.5. The van der Waals surface area contributed by atoms with Crippen LogP contribution in [0, 0.1) is 23.2 Å². The SMILES string of the molecule is COc1ccc([C@@](C#N)(C(C)C)[C@@H]2CCCC(=O)C2)cc1OC. The van der Waals surface area contributed by atoms with Gasteiger partial charge in [0.2, 0.25) is 0 Å². The van der Waals surface area contributed by atoms with E-state index >= 15 is 0 Å². The lowest BCUT2D eigenvalue weighted by molar-refractivity contribution is -0.122. The Morgan fingerprint density at radius 1 is 1.26 bits per heavy atom. The van der Waals surface area contributed by atoms with Crippen molar-refractivity contribution in [2.75, 3.05) is 14.2 Å². The number of carbonyl (C=O) groups excluding carboxylic acids is 1. The number of ketones is 1. The molecule has 1 aromatic rings. The predicted molar refractivity (Wildman–Crippen MR) is 88.6 cm³/mol. The van der Waals surface area contributed by atoms with Crippen LogP contribution in [0.25, 0.3) is 0 Å². The molecule has 4 heteroatoms. The third kappa shape index (κ3) is 3.06. The predicted octanol–water partition coefficient (Wildman–Crippen LogP) is 3.88. The molecule has 1 aromatic carbocycles. The summed E-state index contributed by atoms with van der Waals surface area (Å²) in [5.74, 6) is 1.68. The van der Waals surface area contributed by atoms with E-state index in [1.165, 1.54) is 0 Å². The Morgan fingerprint density at radius 2 is 1.96 bits per heavy atom. The molecule has 0 saturated heterocycles. The minimum atomic E-state index is -0.685. The Labute approximate surface area is 138 Å². The molecule has 0 aromatic heterocycles. The minimum absolute atomic E-state index is 0.0480. The molecule has 0 radical (unpaired) electrons. The number of carbonyl (C=O) groups is 1. The lowest BCUT2D eigenvalue weighted by Gasteiger charge is -2.40. The molecule has 0 amide bonds. The first-order valence-electron chi connectivity index (χ1n) is 8.15. The van der Waals surface area contributed by atoms with Crippen LogP contribution in [0.4, 0.5) is 0 Å². The summed E-state index contributed by atoms with van der Waals surface area (Å²) in [6, 6.07) is 8.23. The summed E-state index contributed by atoms with van der Waals surface area (Å²) >= 11 is 0. The molecule has 0 bridgehead atoms. The summed E-state index contributed by atoms with van der Waals surface area (Å²) in [5, 5.41) is 10.1. The maximum Gasteiger partial charge on any atom is 0.161 e. The molecule has 2 atom stereocenters. The van der Waals surface area contributed by atoms with Crippen molar-refractivity contribution in [2.24, 2.45) is 11.8 Å². The number of Topliss-reactive ketones (excluding diaryl/α,β-unsaturated/α-hetero) is 1. The first kappa shape index (κ1) is 17.3. The van der Waals surface area contributed by atoms with Gasteiger partial charge in [0.1, 0.15) is 5.78 Å². The van der Waals surface area contributed by atoms with Crippen molar-refractivity contribution in [1.82, 2.24) is 0 Å². The lowest BCUT2D eigenvalue weighted by atomic mass is 9.60. The molecule has 0 spiro atoms. The molecule has 4 nitrogen and oxygen atoms in total. The highest BCUT2D eigenvalue weighted by molar-refractivity contribution is 5.79. The number of hydrogen-bond donors (Lipinski definition) is 0. The molecule has 1 saturated carbocycles. The van der Waals surface area contributed by atoms with Gasteiger partial charge in [-0.2, -0.15) is 5.26 Å². The van der Waals surface area contributed by atoms with Gasteiger partial charge in [-0.05, 0) is 42.4 Å². The van der Waals surface area contributed by atoms with E-state index in [-0.39, 0.29) is 17.6 Å². The summed E-state index contributed by atoms with van der Waals surface area (Å²) in [5.41, 5.74) is 0.225. The van der Waals surface area contributed by atoms with Crippen LogP contribution in [0.1, 0.15) is 45.1 Å². The maximum atomic E-state index is 12.0. The van der Waals surface area contributed by atoms with Gasteiger partial charge in [0.25, 0.3) is 0 Å². The molecule has 0 aliphatic heterocycles. The standard InChI is InChI=1S/C19H25NO3/c1-13(2)19(12-20,14-6-5-7-16(21)10-14)15-8-9-17(22-3)18(11-15)23-4/h8-9,11,13-14H,5-7,10H2,1-4H3/t14-,19+/m1/s1. The van der Waals surface area contributed by atoms with Gasteiger partial charge in [-0.25, -0.2) is 0 Å².